The molecule has 2 aromatic rings. The van der Waals surface area contributed by atoms with E-state index in [9.17, 15) is 9.90 Å². The summed E-state index contributed by atoms with van der Waals surface area (Å²) >= 11 is 0. The molecule has 0 atom stereocenters. The monoisotopic (exact) mass is 282 g/mol. The molecule has 0 aromatic carbocycles. The standard InChI is InChI=1S/C15H14N4O2/c20-8-9-5-7-17-14-12(9)18-15(21)11-2-1-6-16-13(11)19(14)10-3-4-10/h1-2,5-7,10,20H,3-4,8H2,(H,18,21). The number of carbonyl (C=O) groups excluding carboxylic acids is 1. The lowest BCUT2D eigenvalue weighted by atomic mass is 10.2. The average molecular weight is 282 g/mol. The molecule has 0 saturated heterocycles. The van der Waals surface area contributed by atoms with E-state index in [1.54, 1.807) is 30.6 Å². The lowest BCUT2D eigenvalue weighted by Gasteiger charge is -2.23. The van der Waals surface area contributed by atoms with Gasteiger partial charge in [0, 0.05) is 24.0 Å². The number of aliphatic hydroxyl groups excluding tert-OH is 1. The normalized spacial score (nSPS) is 16.8. The fourth-order valence-electron chi connectivity index (χ4n) is 2.67. The zero-order valence-electron chi connectivity index (χ0n) is 11.3. The molecule has 21 heavy (non-hydrogen) atoms. The van der Waals surface area contributed by atoms with Crippen LogP contribution in [0.25, 0.3) is 0 Å². The van der Waals surface area contributed by atoms with E-state index in [0.29, 0.717) is 34.5 Å². The summed E-state index contributed by atoms with van der Waals surface area (Å²) in [5, 5.41) is 12.4. The minimum Gasteiger partial charge on any atom is -0.392 e. The molecule has 0 spiro atoms. The van der Waals surface area contributed by atoms with E-state index in [1.807, 2.05) is 4.90 Å². The third-order valence-electron chi connectivity index (χ3n) is 3.83. The van der Waals surface area contributed by atoms with Crippen LogP contribution in [-0.4, -0.2) is 27.0 Å². The van der Waals surface area contributed by atoms with Crippen LogP contribution in [0.1, 0.15) is 28.8 Å². The summed E-state index contributed by atoms with van der Waals surface area (Å²) in [5.41, 5.74) is 1.77. The Kier molecular flexibility index (Phi) is 2.65. The second-order valence-corrected chi connectivity index (χ2v) is 5.26. The van der Waals surface area contributed by atoms with Crippen molar-refractivity contribution >= 4 is 23.2 Å². The highest BCUT2D eigenvalue weighted by Gasteiger charge is 2.38. The number of carbonyl (C=O) groups is 1. The number of hydrogen-bond donors (Lipinski definition) is 2. The number of nitrogens with one attached hydrogen (secondary N) is 1. The van der Waals surface area contributed by atoms with Gasteiger partial charge in [-0.3, -0.25) is 4.79 Å². The van der Waals surface area contributed by atoms with E-state index >= 15 is 0 Å². The first-order valence-electron chi connectivity index (χ1n) is 6.94. The molecule has 6 heteroatoms. The van der Waals surface area contributed by atoms with Crippen molar-refractivity contribution in [2.45, 2.75) is 25.5 Å². The first-order valence-corrected chi connectivity index (χ1v) is 6.94. The molecule has 6 nitrogen and oxygen atoms in total. The Morgan fingerprint density at radius 2 is 2.05 bits per heavy atom. The fourth-order valence-corrected chi connectivity index (χ4v) is 2.67. The predicted octanol–water partition coefficient (Wildman–Crippen LogP) is 1.84. The zero-order chi connectivity index (χ0) is 14.4. The van der Waals surface area contributed by atoms with E-state index in [-0.39, 0.29) is 12.5 Å². The number of aliphatic hydroxyl groups is 1. The minimum atomic E-state index is -0.217. The number of fused-ring (bicyclic) bond motifs is 2. The van der Waals surface area contributed by atoms with Crippen LogP contribution < -0.4 is 10.2 Å². The molecule has 2 aromatic heterocycles. The summed E-state index contributed by atoms with van der Waals surface area (Å²) in [5.74, 6) is 1.08. The van der Waals surface area contributed by atoms with Crippen molar-refractivity contribution in [3.8, 4) is 0 Å². The van der Waals surface area contributed by atoms with Gasteiger partial charge >= 0.3 is 0 Å². The molecule has 0 bridgehead atoms. The van der Waals surface area contributed by atoms with E-state index < -0.39 is 0 Å². The van der Waals surface area contributed by atoms with Crippen molar-refractivity contribution in [2.24, 2.45) is 0 Å². The van der Waals surface area contributed by atoms with Crippen molar-refractivity contribution in [1.82, 2.24) is 9.97 Å². The third-order valence-corrected chi connectivity index (χ3v) is 3.83. The van der Waals surface area contributed by atoms with Gasteiger partial charge in [0.15, 0.2) is 5.82 Å². The van der Waals surface area contributed by atoms with Gasteiger partial charge in [-0.05, 0) is 31.0 Å². The number of hydrogen-bond acceptors (Lipinski definition) is 5. The molecule has 2 aliphatic rings. The number of rotatable bonds is 2. The van der Waals surface area contributed by atoms with Crippen LogP contribution in [0.2, 0.25) is 0 Å². The summed E-state index contributed by atoms with van der Waals surface area (Å²) in [4.78, 5) is 23.3. The van der Waals surface area contributed by atoms with Gasteiger partial charge in [-0.15, -0.1) is 0 Å². The van der Waals surface area contributed by atoms with Crippen molar-refractivity contribution < 1.29 is 9.90 Å². The highest BCUT2D eigenvalue weighted by molar-refractivity contribution is 6.11. The molecule has 1 saturated carbocycles. The second kappa shape index (κ2) is 4.53. The molecule has 1 aliphatic carbocycles. The van der Waals surface area contributed by atoms with Crippen molar-refractivity contribution in [2.75, 3.05) is 10.2 Å². The summed E-state index contributed by atoms with van der Waals surface area (Å²) in [6.07, 6.45) is 5.44. The summed E-state index contributed by atoms with van der Waals surface area (Å²) in [6, 6.07) is 5.54. The molecule has 106 valence electrons. The Morgan fingerprint density at radius 3 is 2.81 bits per heavy atom. The number of anilines is 3. The largest absolute Gasteiger partial charge is 0.392 e. The number of pyridine rings is 2. The smallest absolute Gasteiger partial charge is 0.259 e. The molecule has 0 unspecified atom stereocenters. The Balaban J connectivity index is 1.98. The van der Waals surface area contributed by atoms with E-state index in [4.69, 9.17) is 0 Å². The van der Waals surface area contributed by atoms with Crippen LogP contribution in [0.3, 0.4) is 0 Å². The average Bonchev–Trinajstić information content (AvgIpc) is 3.34. The summed E-state index contributed by atoms with van der Waals surface area (Å²) in [7, 11) is 0. The molecule has 1 aliphatic heterocycles. The first kappa shape index (κ1) is 12.3. The summed E-state index contributed by atoms with van der Waals surface area (Å²) < 4.78 is 0. The Hall–Kier alpha value is -2.47. The van der Waals surface area contributed by atoms with Gasteiger partial charge in [0.25, 0.3) is 5.91 Å². The maximum atomic E-state index is 12.4. The van der Waals surface area contributed by atoms with Gasteiger partial charge in [-0.1, -0.05) is 0 Å². The lowest BCUT2D eigenvalue weighted by Crippen LogP contribution is -2.22. The number of nitrogens with zero attached hydrogens (tertiary/aromatic N) is 3. The van der Waals surface area contributed by atoms with Gasteiger partial charge in [-0.2, -0.15) is 0 Å². The van der Waals surface area contributed by atoms with Crippen molar-refractivity contribution in [3.63, 3.8) is 0 Å². The molecule has 4 rings (SSSR count). The predicted molar refractivity (Wildman–Crippen MR) is 77.5 cm³/mol. The van der Waals surface area contributed by atoms with E-state index in [1.165, 1.54) is 0 Å². The van der Waals surface area contributed by atoms with Gasteiger partial charge in [-0.25, -0.2) is 9.97 Å². The quantitative estimate of drug-likeness (QED) is 0.878. The molecule has 1 amide bonds. The molecular weight excluding hydrogens is 268 g/mol. The molecule has 0 radical (unpaired) electrons. The van der Waals surface area contributed by atoms with E-state index in [0.717, 1.165) is 12.8 Å². The van der Waals surface area contributed by atoms with Crippen LogP contribution in [0.5, 0.6) is 0 Å². The lowest BCUT2D eigenvalue weighted by molar-refractivity contribution is 0.102. The van der Waals surface area contributed by atoms with E-state index in [2.05, 4.69) is 15.3 Å². The number of aromatic nitrogens is 2. The highest BCUT2D eigenvalue weighted by atomic mass is 16.3. The minimum absolute atomic E-state index is 0.145. The van der Waals surface area contributed by atoms with Gasteiger partial charge in [0.1, 0.15) is 5.82 Å². The molecule has 2 N–H and O–H groups in total. The van der Waals surface area contributed by atoms with Crippen LogP contribution in [-0.2, 0) is 6.61 Å². The van der Waals surface area contributed by atoms with Crippen LogP contribution in [0.4, 0.5) is 17.3 Å². The summed E-state index contributed by atoms with van der Waals surface area (Å²) in [6.45, 7) is -0.145. The SMILES string of the molecule is O=C1Nc2c(CO)ccnc2N(C2CC2)c2ncccc21. The Bertz CT molecular complexity index is 727. The highest BCUT2D eigenvalue weighted by Crippen LogP contribution is 2.43. The van der Waals surface area contributed by atoms with Crippen LogP contribution in [0.15, 0.2) is 30.6 Å². The third kappa shape index (κ3) is 1.87. The maximum Gasteiger partial charge on any atom is 0.259 e. The van der Waals surface area contributed by atoms with Gasteiger partial charge < -0.3 is 15.3 Å². The number of amides is 1. The fraction of sp³-hybridized carbons (Fsp3) is 0.267. The topological polar surface area (TPSA) is 78.3 Å². The van der Waals surface area contributed by atoms with Crippen molar-refractivity contribution in [3.05, 3.63) is 41.7 Å². The van der Waals surface area contributed by atoms with Gasteiger partial charge in [0.05, 0.1) is 17.9 Å². The second-order valence-electron chi connectivity index (χ2n) is 5.26. The Morgan fingerprint density at radius 1 is 1.24 bits per heavy atom. The first-order chi connectivity index (χ1) is 10.3. The molecule has 1 fully saturated rings. The van der Waals surface area contributed by atoms with Crippen molar-refractivity contribution in [1.29, 1.82) is 0 Å². The maximum absolute atomic E-state index is 12.4. The zero-order valence-corrected chi connectivity index (χ0v) is 11.3. The molecular formula is C15H14N4O2. The Labute approximate surface area is 121 Å². The van der Waals surface area contributed by atoms with Gasteiger partial charge in [0.2, 0.25) is 0 Å². The molecule has 3 heterocycles. The van der Waals surface area contributed by atoms with Crippen LogP contribution in [0, 0.1) is 0 Å². The van der Waals surface area contributed by atoms with Crippen LogP contribution >= 0.6 is 0 Å².